The highest BCUT2D eigenvalue weighted by atomic mass is 16.5. The summed E-state index contributed by atoms with van der Waals surface area (Å²) in [5.41, 5.74) is 3.68. The van der Waals surface area contributed by atoms with Gasteiger partial charge in [0.05, 0.1) is 30.1 Å². The fraction of sp³-hybridized carbons (Fsp3) is 0.524. The van der Waals surface area contributed by atoms with Crippen LogP contribution in [0.1, 0.15) is 70.5 Å². The molecular formula is C21H30N3O3+. The summed E-state index contributed by atoms with van der Waals surface area (Å²) in [4.78, 5) is 30.0. The number of hydrogen-bond donors (Lipinski definition) is 2. The zero-order valence-corrected chi connectivity index (χ0v) is 16.9. The minimum Gasteiger partial charge on any atom is -0.462 e. The first-order valence-corrected chi connectivity index (χ1v) is 9.74. The highest BCUT2D eigenvalue weighted by molar-refractivity contribution is 6.03. The maximum atomic E-state index is 13.3. The molecule has 27 heavy (non-hydrogen) atoms. The van der Waals surface area contributed by atoms with Gasteiger partial charge in [0.2, 0.25) is 5.78 Å². The quantitative estimate of drug-likeness (QED) is 0.603. The molecule has 2 aromatic rings. The third kappa shape index (κ3) is 3.46. The van der Waals surface area contributed by atoms with Crippen molar-refractivity contribution in [2.45, 2.75) is 52.6 Å². The van der Waals surface area contributed by atoms with Gasteiger partial charge in [-0.15, -0.1) is 0 Å². The van der Waals surface area contributed by atoms with Crippen molar-refractivity contribution >= 4 is 11.8 Å². The molecule has 3 atom stereocenters. The normalized spacial score (nSPS) is 20.6. The summed E-state index contributed by atoms with van der Waals surface area (Å²) in [5.74, 6) is -0.312. The summed E-state index contributed by atoms with van der Waals surface area (Å²) in [6, 6.07) is 4.35. The van der Waals surface area contributed by atoms with Gasteiger partial charge in [-0.2, -0.15) is 0 Å². The van der Waals surface area contributed by atoms with Gasteiger partial charge in [-0.3, -0.25) is 4.79 Å². The fourth-order valence-corrected chi connectivity index (χ4v) is 4.45. The summed E-state index contributed by atoms with van der Waals surface area (Å²) in [5, 5.41) is 0. The molecule has 6 nitrogen and oxygen atoms in total. The topological polar surface area (TPSA) is 68.5 Å². The van der Waals surface area contributed by atoms with E-state index in [0.29, 0.717) is 35.2 Å². The zero-order chi connectivity index (χ0) is 19.7. The molecular weight excluding hydrogens is 342 g/mol. The van der Waals surface area contributed by atoms with Gasteiger partial charge < -0.3 is 19.2 Å². The van der Waals surface area contributed by atoms with Crippen LogP contribution in [0.2, 0.25) is 0 Å². The van der Waals surface area contributed by atoms with Crippen LogP contribution in [0.5, 0.6) is 0 Å². The average Bonchev–Trinajstić information content (AvgIpc) is 3.32. The van der Waals surface area contributed by atoms with E-state index in [2.05, 4.69) is 34.9 Å². The van der Waals surface area contributed by atoms with Crippen molar-refractivity contribution in [1.82, 2.24) is 9.55 Å². The van der Waals surface area contributed by atoms with E-state index in [1.54, 1.807) is 6.92 Å². The van der Waals surface area contributed by atoms with E-state index in [4.69, 9.17) is 4.74 Å². The predicted octanol–water partition coefficient (Wildman–Crippen LogP) is 2.14. The number of ketones is 1. The molecule has 0 bridgehead atoms. The monoisotopic (exact) mass is 372 g/mol. The van der Waals surface area contributed by atoms with Gasteiger partial charge >= 0.3 is 5.97 Å². The highest BCUT2D eigenvalue weighted by Gasteiger charge is 2.39. The average molecular weight is 372 g/mol. The Morgan fingerprint density at radius 2 is 2.15 bits per heavy atom. The van der Waals surface area contributed by atoms with Crippen LogP contribution in [0.15, 0.2) is 18.3 Å². The summed E-state index contributed by atoms with van der Waals surface area (Å²) in [6.45, 7) is 8.72. The lowest BCUT2D eigenvalue weighted by atomic mass is 10.0. The Labute approximate surface area is 160 Å². The summed E-state index contributed by atoms with van der Waals surface area (Å²) in [6.07, 6.45) is 4.25. The molecule has 0 saturated carbocycles. The fourth-order valence-electron chi connectivity index (χ4n) is 4.45. The molecule has 146 valence electrons. The standard InChI is InChI=1S/C21H29N3O3/c1-6-27-21(26)18-13(2)19(22-14(18)3)20(25)15(4)24-12-8-10-17(24)16-9-7-11-23(16)5/h7,9,11,15,17,22H,6,8,10,12H2,1-5H3/p+1/t15-,17-/m1/s1. The lowest BCUT2D eigenvalue weighted by molar-refractivity contribution is -0.932. The molecule has 2 N–H and O–H groups in total. The Morgan fingerprint density at radius 1 is 1.41 bits per heavy atom. The third-order valence-electron chi connectivity index (χ3n) is 5.86. The number of likely N-dealkylation sites (tertiary alicyclic amines) is 1. The number of carbonyl (C=O) groups excluding carboxylic acids is 2. The molecule has 0 aromatic carbocycles. The van der Waals surface area contributed by atoms with Crippen molar-refractivity contribution in [3.63, 3.8) is 0 Å². The van der Waals surface area contributed by atoms with Crippen LogP contribution in [0, 0.1) is 13.8 Å². The van der Waals surface area contributed by atoms with Crippen molar-refractivity contribution < 1.29 is 19.2 Å². The number of aryl methyl sites for hydroxylation is 2. The lowest BCUT2D eigenvalue weighted by Gasteiger charge is -2.27. The molecule has 2 aromatic heterocycles. The van der Waals surface area contributed by atoms with Crippen LogP contribution < -0.4 is 4.90 Å². The molecule has 0 aliphatic carbocycles. The molecule has 1 unspecified atom stereocenters. The summed E-state index contributed by atoms with van der Waals surface area (Å²) >= 11 is 0. The third-order valence-corrected chi connectivity index (χ3v) is 5.86. The number of hydrogen-bond acceptors (Lipinski definition) is 3. The second-order valence-corrected chi connectivity index (χ2v) is 7.50. The van der Waals surface area contributed by atoms with Crippen molar-refractivity contribution in [1.29, 1.82) is 0 Å². The second kappa shape index (κ2) is 7.72. The maximum absolute atomic E-state index is 13.3. The van der Waals surface area contributed by atoms with Gasteiger partial charge in [-0.1, -0.05) is 0 Å². The molecule has 0 amide bonds. The minimum atomic E-state index is -0.370. The molecule has 6 heteroatoms. The highest BCUT2D eigenvalue weighted by Crippen LogP contribution is 2.23. The van der Waals surface area contributed by atoms with Crippen LogP contribution in [-0.2, 0) is 11.8 Å². The largest absolute Gasteiger partial charge is 0.462 e. The first-order valence-electron chi connectivity index (χ1n) is 9.74. The number of rotatable bonds is 6. The molecule has 1 aliphatic heterocycles. The molecule has 0 radical (unpaired) electrons. The number of H-pyrrole nitrogens is 1. The zero-order valence-electron chi connectivity index (χ0n) is 16.9. The van der Waals surface area contributed by atoms with Gasteiger partial charge in [-0.25, -0.2) is 4.79 Å². The van der Waals surface area contributed by atoms with Crippen molar-refractivity contribution in [2.24, 2.45) is 7.05 Å². The first kappa shape index (κ1) is 19.4. The van der Waals surface area contributed by atoms with E-state index >= 15 is 0 Å². The summed E-state index contributed by atoms with van der Waals surface area (Å²) in [7, 11) is 2.06. The van der Waals surface area contributed by atoms with E-state index in [0.717, 1.165) is 19.4 Å². The van der Waals surface area contributed by atoms with Crippen molar-refractivity contribution in [3.05, 3.63) is 46.5 Å². The SMILES string of the molecule is CCOC(=O)c1c(C)[nH]c(C(=O)[C@@H](C)[NH+]2CCC[C@@H]2c2cccn2C)c1C. The van der Waals surface area contributed by atoms with Gasteiger partial charge in [-0.05, 0) is 45.4 Å². The number of Topliss-reactive ketones (excluding diaryl/α,β-unsaturated/α-hetero) is 1. The first-order chi connectivity index (χ1) is 12.9. The number of aromatic nitrogens is 2. The van der Waals surface area contributed by atoms with Gasteiger partial charge in [0.1, 0.15) is 6.04 Å². The predicted molar refractivity (Wildman–Crippen MR) is 103 cm³/mol. The van der Waals surface area contributed by atoms with E-state index in [1.807, 2.05) is 20.8 Å². The minimum absolute atomic E-state index is 0.0576. The molecule has 1 saturated heterocycles. The number of ether oxygens (including phenoxy) is 1. The molecule has 1 fully saturated rings. The van der Waals surface area contributed by atoms with Crippen LogP contribution in [-0.4, -0.2) is 40.5 Å². The molecule has 1 aliphatic rings. The van der Waals surface area contributed by atoms with E-state index in [9.17, 15) is 9.59 Å². The number of quaternary nitrogens is 1. The number of nitrogens with one attached hydrogen (secondary N) is 2. The Hall–Kier alpha value is -2.34. The number of aromatic amines is 1. The van der Waals surface area contributed by atoms with Gasteiger partial charge in [0, 0.05) is 31.8 Å². The molecule has 3 rings (SSSR count). The van der Waals surface area contributed by atoms with E-state index in [-0.39, 0.29) is 17.8 Å². The lowest BCUT2D eigenvalue weighted by Crippen LogP contribution is -3.14. The van der Waals surface area contributed by atoms with E-state index < -0.39 is 0 Å². The van der Waals surface area contributed by atoms with Crippen LogP contribution in [0.3, 0.4) is 0 Å². The maximum Gasteiger partial charge on any atom is 0.340 e. The van der Waals surface area contributed by atoms with Crippen LogP contribution in [0.25, 0.3) is 0 Å². The Kier molecular flexibility index (Phi) is 5.56. The molecule has 0 spiro atoms. The van der Waals surface area contributed by atoms with Crippen LogP contribution in [0.4, 0.5) is 0 Å². The van der Waals surface area contributed by atoms with Gasteiger partial charge in [0.25, 0.3) is 0 Å². The smallest absolute Gasteiger partial charge is 0.340 e. The Bertz CT molecular complexity index is 849. The Balaban J connectivity index is 1.86. The van der Waals surface area contributed by atoms with Crippen molar-refractivity contribution in [3.8, 4) is 0 Å². The number of esters is 1. The summed E-state index contributed by atoms with van der Waals surface area (Å²) < 4.78 is 7.29. The number of carbonyl (C=O) groups is 2. The Morgan fingerprint density at radius 3 is 2.78 bits per heavy atom. The number of nitrogens with zero attached hydrogens (tertiary/aromatic N) is 1. The van der Waals surface area contributed by atoms with Crippen molar-refractivity contribution in [2.75, 3.05) is 13.2 Å². The van der Waals surface area contributed by atoms with E-state index in [1.165, 1.54) is 10.6 Å². The van der Waals surface area contributed by atoms with Crippen LogP contribution >= 0.6 is 0 Å². The van der Waals surface area contributed by atoms with Gasteiger partial charge in [0.15, 0.2) is 6.04 Å². The molecule has 3 heterocycles. The second-order valence-electron chi connectivity index (χ2n) is 7.50.